The summed E-state index contributed by atoms with van der Waals surface area (Å²) < 4.78 is 0. The minimum absolute atomic E-state index is 0.332. The fraction of sp³-hybridized carbons (Fsp3) is 0.0476. The van der Waals surface area contributed by atoms with Gasteiger partial charge in [-0.15, -0.1) is 0 Å². The van der Waals surface area contributed by atoms with Gasteiger partial charge in [0.05, 0.1) is 5.92 Å². The second-order valence-corrected chi connectivity index (χ2v) is 5.44. The molecular formula is C21H17NO2. The van der Waals surface area contributed by atoms with Gasteiger partial charge in [-0.3, -0.25) is 14.9 Å². The van der Waals surface area contributed by atoms with Crippen LogP contribution in [0, 0.1) is 0 Å². The lowest BCUT2D eigenvalue weighted by molar-refractivity contribution is -0.120. The third-order valence-corrected chi connectivity index (χ3v) is 3.80. The van der Waals surface area contributed by atoms with Gasteiger partial charge in [0.15, 0.2) is 0 Å². The van der Waals surface area contributed by atoms with E-state index in [0.717, 1.165) is 11.1 Å². The van der Waals surface area contributed by atoms with Crippen LogP contribution < -0.4 is 5.32 Å². The van der Waals surface area contributed by atoms with Crippen LogP contribution in [-0.4, -0.2) is 11.8 Å². The molecule has 1 N–H and O–H groups in total. The molecule has 3 nitrogen and oxygen atoms in total. The molecule has 3 aromatic rings. The molecule has 0 bridgehead atoms. The summed E-state index contributed by atoms with van der Waals surface area (Å²) in [4.78, 5) is 25.1. The van der Waals surface area contributed by atoms with E-state index in [4.69, 9.17) is 0 Å². The Bertz CT molecular complexity index is 775. The molecule has 24 heavy (non-hydrogen) atoms. The van der Waals surface area contributed by atoms with Gasteiger partial charge in [0.2, 0.25) is 5.91 Å². The van der Waals surface area contributed by atoms with Crippen molar-refractivity contribution in [3.63, 3.8) is 0 Å². The number of carbonyl (C=O) groups is 2. The van der Waals surface area contributed by atoms with Gasteiger partial charge in [-0.1, -0.05) is 78.9 Å². The Morgan fingerprint density at radius 1 is 0.625 bits per heavy atom. The van der Waals surface area contributed by atoms with Crippen LogP contribution in [0.1, 0.15) is 27.4 Å². The van der Waals surface area contributed by atoms with Crippen molar-refractivity contribution in [1.29, 1.82) is 0 Å². The lowest BCUT2D eigenvalue weighted by Gasteiger charge is -2.17. The molecule has 0 atom stereocenters. The maximum absolute atomic E-state index is 12.8. The summed E-state index contributed by atoms with van der Waals surface area (Å²) in [6, 6.07) is 27.7. The lowest BCUT2D eigenvalue weighted by atomic mass is 9.90. The Hall–Kier alpha value is -3.20. The van der Waals surface area contributed by atoms with Crippen LogP contribution in [-0.2, 0) is 4.79 Å². The highest BCUT2D eigenvalue weighted by Crippen LogP contribution is 2.24. The van der Waals surface area contributed by atoms with E-state index in [9.17, 15) is 9.59 Å². The Morgan fingerprint density at radius 3 is 1.50 bits per heavy atom. The first-order chi connectivity index (χ1) is 11.8. The van der Waals surface area contributed by atoms with Crippen LogP contribution in [0.3, 0.4) is 0 Å². The minimum atomic E-state index is -0.528. The highest BCUT2D eigenvalue weighted by molar-refractivity contribution is 6.07. The Balaban J connectivity index is 1.89. The number of nitrogens with one attached hydrogen (secondary N) is 1. The second-order valence-electron chi connectivity index (χ2n) is 5.44. The molecule has 0 aliphatic heterocycles. The highest BCUT2D eigenvalue weighted by atomic mass is 16.2. The highest BCUT2D eigenvalue weighted by Gasteiger charge is 2.24. The number of imide groups is 1. The molecular weight excluding hydrogens is 298 g/mol. The zero-order valence-electron chi connectivity index (χ0n) is 13.1. The molecule has 3 aromatic carbocycles. The predicted molar refractivity (Wildman–Crippen MR) is 93.6 cm³/mol. The fourth-order valence-electron chi connectivity index (χ4n) is 2.63. The maximum Gasteiger partial charge on any atom is 0.257 e. The summed E-state index contributed by atoms with van der Waals surface area (Å²) in [7, 11) is 0. The molecule has 0 spiro atoms. The van der Waals surface area contributed by atoms with Crippen molar-refractivity contribution < 1.29 is 9.59 Å². The molecule has 0 aliphatic carbocycles. The van der Waals surface area contributed by atoms with Crippen molar-refractivity contribution in [3.8, 4) is 0 Å². The summed E-state index contributed by atoms with van der Waals surface area (Å²) in [5.41, 5.74) is 2.16. The summed E-state index contributed by atoms with van der Waals surface area (Å²) in [6.07, 6.45) is 0. The smallest absolute Gasteiger partial charge is 0.257 e. The summed E-state index contributed by atoms with van der Waals surface area (Å²) >= 11 is 0. The number of benzene rings is 3. The van der Waals surface area contributed by atoms with Crippen LogP contribution in [0.15, 0.2) is 91.0 Å². The van der Waals surface area contributed by atoms with Crippen molar-refractivity contribution >= 4 is 11.8 Å². The molecule has 0 saturated carbocycles. The molecule has 0 unspecified atom stereocenters. The van der Waals surface area contributed by atoms with Crippen LogP contribution in [0.25, 0.3) is 0 Å². The SMILES string of the molecule is O=C(NC(=O)C(c1ccccc1)c1ccccc1)c1ccccc1. The molecule has 118 valence electrons. The van der Waals surface area contributed by atoms with E-state index in [1.54, 1.807) is 24.3 Å². The van der Waals surface area contributed by atoms with Gasteiger partial charge in [0.25, 0.3) is 5.91 Å². The molecule has 2 amide bonds. The topological polar surface area (TPSA) is 46.2 Å². The Labute approximate surface area is 141 Å². The van der Waals surface area contributed by atoms with Crippen LogP contribution in [0.2, 0.25) is 0 Å². The van der Waals surface area contributed by atoms with Crippen molar-refractivity contribution in [3.05, 3.63) is 108 Å². The first-order valence-corrected chi connectivity index (χ1v) is 7.76. The molecule has 0 aromatic heterocycles. The summed E-state index contributed by atoms with van der Waals surface area (Å²) in [5, 5.41) is 2.52. The normalized spacial score (nSPS) is 10.4. The quantitative estimate of drug-likeness (QED) is 0.796. The number of rotatable bonds is 4. The summed E-state index contributed by atoms with van der Waals surface area (Å²) in [6.45, 7) is 0. The molecule has 0 heterocycles. The number of hydrogen-bond donors (Lipinski definition) is 1. The van der Waals surface area contributed by atoms with E-state index in [1.807, 2.05) is 66.7 Å². The molecule has 0 saturated heterocycles. The van der Waals surface area contributed by atoms with Crippen LogP contribution in [0.5, 0.6) is 0 Å². The van der Waals surface area contributed by atoms with E-state index < -0.39 is 11.8 Å². The third-order valence-electron chi connectivity index (χ3n) is 3.80. The average molecular weight is 315 g/mol. The number of carbonyl (C=O) groups excluding carboxylic acids is 2. The van der Waals surface area contributed by atoms with E-state index in [1.165, 1.54) is 0 Å². The molecule has 0 aliphatic rings. The first kappa shape index (κ1) is 15.7. The fourth-order valence-corrected chi connectivity index (χ4v) is 2.63. The Morgan fingerprint density at radius 2 is 1.04 bits per heavy atom. The van der Waals surface area contributed by atoms with Gasteiger partial charge in [0, 0.05) is 5.56 Å². The second kappa shape index (κ2) is 7.38. The standard InChI is InChI=1S/C21H17NO2/c23-20(18-14-8-3-9-15-18)22-21(24)19(16-10-4-1-5-11-16)17-12-6-2-7-13-17/h1-15,19H,(H,22,23,24). The monoisotopic (exact) mass is 315 g/mol. The van der Waals surface area contributed by atoms with Crippen molar-refractivity contribution in [2.24, 2.45) is 0 Å². The molecule has 0 radical (unpaired) electrons. The van der Waals surface area contributed by atoms with Crippen molar-refractivity contribution in [1.82, 2.24) is 5.32 Å². The van der Waals surface area contributed by atoms with Gasteiger partial charge in [-0.25, -0.2) is 0 Å². The van der Waals surface area contributed by atoms with Crippen molar-refractivity contribution in [2.75, 3.05) is 0 Å². The molecule has 3 rings (SSSR count). The zero-order valence-corrected chi connectivity index (χ0v) is 13.1. The van der Waals surface area contributed by atoms with Crippen LogP contribution in [0.4, 0.5) is 0 Å². The third kappa shape index (κ3) is 3.58. The Kier molecular flexibility index (Phi) is 4.82. The largest absolute Gasteiger partial charge is 0.291 e. The van der Waals surface area contributed by atoms with Gasteiger partial charge >= 0.3 is 0 Å². The van der Waals surface area contributed by atoms with E-state index >= 15 is 0 Å². The van der Waals surface area contributed by atoms with Crippen LogP contribution >= 0.6 is 0 Å². The maximum atomic E-state index is 12.8. The summed E-state index contributed by atoms with van der Waals surface area (Å²) in [5.74, 6) is -1.25. The molecule has 0 fully saturated rings. The first-order valence-electron chi connectivity index (χ1n) is 7.76. The van der Waals surface area contributed by atoms with Crippen molar-refractivity contribution in [2.45, 2.75) is 5.92 Å². The molecule has 3 heteroatoms. The zero-order chi connectivity index (χ0) is 16.8. The van der Waals surface area contributed by atoms with Gasteiger partial charge in [-0.05, 0) is 23.3 Å². The van der Waals surface area contributed by atoms with E-state index in [-0.39, 0.29) is 5.91 Å². The van der Waals surface area contributed by atoms with E-state index in [0.29, 0.717) is 5.56 Å². The number of amides is 2. The van der Waals surface area contributed by atoms with Gasteiger partial charge in [-0.2, -0.15) is 0 Å². The van der Waals surface area contributed by atoms with Gasteiger partial charge in [0.1, 0.15) is 0 Å². The van der Waals surface area contributed by atoms with Gasteiger partial charge < -0.3 is 0 Å². The minimum Gasteiger partial charge on any atom is -0.291 e. The van der Waals surface area contributed by atoms with E-state index in [2.05, 4.69) is 5.32 Å². The lowest BCUT2D eigenvalue weighted by Crippen LogP contribution is -2.35. The number of hydrogen-bond acceptors (Lipinski definition) is 2. The predicted octanol–water partition coefficient (Wildman–Crippen LogP) is 3.78. The average Bonchev–Trinajstić information content (AvgIpc) is 2.64.